The zero-order valence-corrected chi connectivity index (χ0v) is 21.3. The van der Waals surface area contributed by atoms with Gasteiger partial charge in [0.2, 0.25) is 0 Å². The van der Waals surface area contributed by atoms with Crippen molar-refractivity contribution in [2.75, 3.05) is 9.44 Å². The number of rotatable bonds is 8. The molecule has 4 rings (SSSR count). The average Bonchev–Trinajstić information content (AvgIpc) is 3.45. The SMILES string of the molecule is O=S(=O)(Nc1cc(Cl)c(Cl)cc1NS(=O)(=O)c1cccs1)c1ccn(Sc2ccccc2)c1. The van der Waals surface area contributed by atoms with Crippen molar-refractivity contribution in [1.82, 2.24) is 3.97 Å². The number of hydrogen-bond donors (Lipinski definition) is 2. The molecule has 0 saturated carbocycles. The minimum absolute atomic E-state index is 0.0101. The van der Waals surface area contributed by atoms with Gasteiger partial charge in [0.1, 0.15) is 9.10 Å². The summed E-state index contributed by atoms with van der Waals surface area (Å²) in [5.74, 6) is 0. The normalized spacial score (nSPS) is 11.9. The fourth-order valence-electron chi connectivity index (χ4n) is 2.71. The van der Waals surface area contributed by atoms with Crippen LogP contribution in [0.25, 0.3) is 0 Å². The van der Waals surface area contributed by atoms with Crippen LogP contribution in [0.3, 0.4) is 0 Å². The van der Waals surface area contributed by atoms with Gasteiger partial charge >= 0.3 is 0 Å². The van der Waals surface area contributed by atoms with Gasteiger partial charge in [0, 0.05) is 17.3 Å². The van der Waals surface area contributed by atoms with Crippen LogP contribution in [0.1, 0.15) is 0 Å². The lowest BCUT2D eigenvalue weighted by molar-refractivity contribution is 0.599. The fraction of sp³-hybridized carbons (Fsp3) is 0. The van der Waals surface area contributed by atoms with Gasteiger partial charge in [-0.25, -0.2) is 16.8 Å². The predicted molar refractivity (Wildman–Crippen MR) is 135 cm³/mol. The molecule has 2 aromatic heterocycles. The Hall–Kier alpha value is -2.15. The molecule has 0 unspecified atom stereocenters. The summed E-state index contributed by atoms with van der Waals surface area (Å²) < 4.78 is 57.9. The molecule has 0 atom stereocenters. The maximum Gasteiger partial charge on any atom is 0.271 e. The van der Waals surface area contributed by atoms with Crippen LogP contribution in [-0.4, -0.2) is 20.8 Å². The van der Waals surface area contributed by atoms with Gasteiger partial charge in [-0.1, -0.05) is 47.5 Å². The summed E-state index contributed by atoms with van der Waals surface area (Å²) in [7, 11) is -8.01. The summed E-state index contributed by atoms with van der Waals surface area (Å²) in [5, 5.41) is 1.74. The number of halogens is 2. The highest BCUT2D eigenvalue weighted by molar-refractivity contribution is 7.98. The molecule has 172 valence electrons. The van der Waals surface area contributed by atoms with E-state index in [1.54, 1.807) is 21.6 Å². The molecule has 0 amide bonds. The third kappa shape index (κ3) is 5.68. The number of thiophene rings is 1. The summed E-state index contributed by atoms with van der Waals surface area (Å²) in [4.78, 5) is 0.920. The third-order valence-electron chi connectivity index (χ3n) is 4.21. The van der Waals surface area contributed by atoms with E-state index in [9.17, 15) is 16.8 Å². The molecule has 0 aliphatic rings. The van der Waals surface area contributed by atoms with Crippen molar-refractivity contribution in [2.24, 2.45) is 0 Å². The van der Waals surface area contributed by atoms with Gasteiger partial charge in [-0.15, -0.1) is 11.3 Å². The van der Waals surface area contributed by atoms with Gasteiger partial charge in [-0.05, 0) is 53.7 Å². The second-order valence-electron chi connectivity index (χ2n) is 6.57. The van der Waals surface area contributed by atoms with Crippen LogP contribution >= 0.6 is 46.5 Å². The topological polar surface area (TPSA) is 97.3 Å². The van der Waals surface area contributed by atoms with Crippen LogP contribution in [0.15, 0.2) is 92.4 Å². The lowest BCUT2D eigenvalue weighted by Gasteiger charge is -2.15. The monoisotopic (exact) mass is 559 g/mol. The van der Waals surface area contributed by atoms with Crippen molar-refractivity contribution < 1.29 is 16.8 Å². The van der Waals surface area contributed by atoms with Crippen molar-refractivity contribution in [3.8, 4) is 0 Å². The van der Waals surface area contributed by atoms with Crippen LogP contribution in [0.4, 0.5) is 11.4 Å². The Morgan fingerprint density at radius 2 is 1.45 bits per heavy atom. The molecule has 2 N–H and O–H groups in total. The van der Waals surface area contributed by atoms with Crippen LogP contribution in [0, 0.1) is 0 Å². The number of nitrogens with zero attached hydrogens (tertiary/aromatic N) is 1. The molecule has 0 aliphatic carbocycles. The second-order valence-corrected chi connectivity index (χ2v) is 13.0. The number of aromatic nitrogens is 1. The van der Waals surface area contributed by atoms with Gasteiger partial charge < -0.3 is 0 Å². The van der Waals surface area contributed by atoms with Crippen molar-refractivity contribution in [3.63, 3.8) is 0 Å². The highest BCUT2D eigenvalue weighted by Crippen LogP contribution is 2.36. The molecule has 0 spiro atoms. The van der Waals surface area contributed by atoms with Crippen LogP contribution in [0.2, 0.25) is 10.0 Å². The van der Waals surface area contributed by atoms with E-state index < -0.39 is 20.0 Å². The Bertz CT molecular complexity index is 1490. The van der Waals surface area contributed by atoms with Gasteiger partial charge in [-0.3, -0.25) is 13.4 Å². The van der Waals surface area contributed by atoms with E-state index in [-0.39, 0.29) is 30.5 Å². The lowest BCUT2D eigenvalue weighted by Crippen LogP contribution is -2.17. The molecule has 0 saturated heterocycles. The zero-order chi connectivity index (χ0) is 23.6. The quantitative estimate of drug-likeness (QED) is 0.275. The van der Waals surface area contributed by atoms with E-state index in [1.807, 2.05) is 30.3 Å². The van der Waals surface area contributed by atoms with Crippen molar-refractivity contribution in [3.05, 3.63) is 88.5 Å². The minimum atomic E-state index is -4.06. The molecule has 0 fully saturated rings. The van der Waals surface area contributed by atoms with Gasteiger partial charge in [0.25, 0.3) is 20.0 Å². The summed E-state index contributed by atoms with van der Waals surface area (Å²) >= 11 is 14.5. The smallest absolute Gasteiger partial charge is 0.271 e. The lowest BCUT2D eigenvalue weighted by atomic mass is 10.3. The van der Waals surface area contributed by atoms with E-state index in [0.29, 0.717) is 0 Å². The van der Waals surface area contributed by atoms with E-state index in [2.05, 4.69) is 9.44 Å². The first kappa shape index (κ1) is 24.0. The molecule has 0 aliphatic heterocycles. The molecular formula is C20H15Cl2N3O4S4. The number of benzene rings is 2. The minimum Gasteiger partial charge on any atom is -0.294 e. The average molecular weight is 561 g/mol. The van der Waals surface area contributed by atoms with E-state index >= 15 is 0 Å². The standard InChI is InChI=1S/C20H15Cl2N3O4S4/c21-16-11-18(19(12-17(16)22)24-33(28,29)20-7-4-10-30-20)23-32(26,27)15-8-9-25(13-15)31-14-5-2-1-3-6-14/h1-13,23-24H. The van der Waals surface area contributed by atoms with Crippen molar-refractivity contribution >= 4 is 77.9 Å². The van der Waals surface area contributed by atoms with Gasteiger partial charge in [0.05, 0.1) is 21.4 Å². The van der Waals surface area contributed by atoms with Crippen LogP contribution < -0.4 is 9.44 Å². The predicted octanol–water partition coefficient (Wildman–Crippen LogP) is 6.01. The van der Waals surface area contributed by atoms with Crippen molar-refractivity contribution in [2.45, 2.75) is 14.0 Å². The zero-order valence-electron chi connectivity index (χ0n) is 16.5. The highest BCUT2D eigenvalue weighted by Gasteiger charge is 2.22. The van der Waals surface area contributed by atoms with Gasteiger partial charge in [0.15, 0.2) is 0 Å². The summed E-state index contributed by atoms with van der Waals surface area (Å²) in [5.41, 5.74) is -0.118. The maximum absolute atomic E-state index is 13.0. The molecule has 2 heterocycles. The highest BCUT2D eigenvalue weighted by atomic mass is 35.5. The first-order chi connectivity index (χ1) is 15.6. The van der Waals surface area contributed by atoms with E-state index in [4.69, 9.17) is 23.2 Å². The molecule has 2 aromatic carbocycles. The van der Waals surface area contributed by atoms with E-state index in [0.717, 1.165) is 16.2 Å². The van der Waals surface area contributed by atoms with Crippen molar-refractivity contribution in [1.29, 1.82) is 0 Å². The first-order valence-corrected chi connectivity index (χ1v) is 14.5. The summed E-state index contributed by atoms with van der Waals surface area (Å²) in [6, 6.07) is 16.4. The third-order valence-corrected chi connectivity index (χ3v) is 9.97. The second kappa shape index (κ2) is 9.61. The number of nitrogens with one attached hydrogen (secondary N) is 2. The van der Waals surface area contributed by atoms with Crippen LogP contribution in [0.5, 0.6) is 0 Å². The number of hydrogen-bond acceptors (Lipinski definition) is 6. The Balaban J connectivity index is 1.62. The van der Waals surface area contributed by atoms with Gasteiger partial charge in [-0.2, -0.15) is 0 Å². The first-order valence-electron chi connectivity index (χ1n) is 9.14. The Morgan fingerprint density at radius 3 is 2.06 bits per heavy atom. The molecule has 0 bridgehead atoms. The molecule has 7 nitrogen and oxygen atoms in total. The van der Waals surface area contributed by atoms with Crippen LogP contribution in [-0.2, 0) is 20.0 Å². The summed E-state index contributed by atoms with van der Waals surface area (Å²) in [6.07, 6.45) is 3.06. The fourth-order valence-corrected chi connectivity index (χ4v) is 7.04. The number of sulfonamides is 2. The molecule has 0 radical (unpaired) electrons. The maximum atomic E-state index is 13.0. The molecule has 4 aromatic rings. The Morgan fingerprint density at radius 1 is 0.818 bits per heavy atom. The Kier molecular flexibility index (Phi) is 6.99. The largest absolute Gasteiger partial charge is 0.294 e. The van der Waals surface area contributed by atoms with E-state index in [1.165, 1.54) is 42.4 Å². The molecule has 33 heavy (non-hydrogen) atoms. The number of anilines is 2. The summed E-state index contributed by atoms with van der Waals surface area (Å²) in [6.45, 7) is 0. The molecular weight excluding hydrogens is 545 g/mol. The Labute approximate surface area is 209 Å². The molecule has 13 heteroatoms.